The fourth-order valence-electron chi connectivity index (χ4n) is 4.31. The van der Waals surface area contributed by atoms with Crippen molar-refractivity contribution in [3.8, 4) is 5.75 Å². The Kier molecular flexibility index (Phi) is 7.08. The zero-order valence-corrected chi connectivity index (χ0v) is 19.4. The van der Waals surface area contributed by atoms with Crippen molar-refractivity contribution >= 4 is 11.8 Å². The average Bonchev–Trinajstić information content (AvgIpc) is 3.69. The molecule has 0 unspecified atom stereocenters. The van der Waals surface area contributed by atoms with Crippen molar-refractivity contribution in [3.63, 3.8) is 0 Å². The molecule has 2 fully saturated rings. The summed E-state index contributed by atoms with van der Waals surface area (Å²) in [6, 6.07) is 11.5. The molecule has 1 aromatic heterocycles. The lowest BCUT2D eigenvalue weighted by Crippen LogP contribution is -2.54. The van der Waals surface area contributed by atoms with E-state index >= 15 is 0 Å². The predicted octanol–water partition coefficient (Wildman–Crippen LogP) is 3.16. The second kappa shape index (κ2) is 10.2. The Bertz CT molecular complexity index is 986. The molecule has 1 N–H and O–H groups in total. The monoisotopic (exact) mass is 448 g/mol. The molecule has 7 nitrogen and oxygen atoms in total. The maximum absolute atomic E-state index is 12.1. The number of piperazine rings is 1. The van der Waals surface area contributed by atoms with Crippen LogP contribution in [-0.4, -0.2) is 65.9 Å². The van der Waals surface area contributed by atoms with E-state index in [0.717, 1.165) is 24.3 Å². The van der Waals surface area contributed by atoms with E-state index in [0.29, 0.717) is 30.3 Å². The molecule has 2 aliphatic rings. The number of benzene rings is 1. The second-order valence-corrected chi connectivity index (χ2v) is 8.85. The first kappa shape index (κ1) is 23.0. The maximum atomic E-state index is 12.1. The number of nitrogens with one attached hydrogen (secondary N) is 1. The number of hydrogen-bond donors (Lipinski definition) is 1. The minimum absolute atomic E-state index is 0.0222. The van der Waals surface area contributed by atoms with Crippen LogP contribution in [0.25, 0.3) is 0 Å². The van der Waals surface area contributed by atoms with Crippen LogP contribution < -0.4 is 10.1 Å². The number of carbonyl (C=O) groups is 2. The number of pyridine rings is 1. The van der Waals surface area contributed by atoms with Gasteiger partial charge in [-0.25, -0.2) is 0 Å². The molecule has 7 heteroatoms. The van der Waals surface area contributed by atoms with Gasteiger partial charge in [0.2, 0.25) is 5.91 Å². The largest absolute Gasteiger partial charge is 0.484 e. The highest BCUT2D eigenvalue weighted by atomic mass is 16.5. The Labute approximate surface area is 195 Å². The molecule has 1 aliphatic heterocycles. The lowest BCUT2D eigenvalue weighted by Gasteiger charge is -2.40. The molecule has 33 heavy (non-hydrogen) atoms. The van der Waals surface area contributed by atoms with Crippen LogP contribution in [0.3, 0.4) is 0 Å². The Hall–Kier alpha value is -3.19. The lowest BCUT2D eigenvalue weighted by molar-refractivity contribution is -0.130. The summed E-state index contributed by atoms with van der Waals surface area (Å²) in [6.45, 7) is 8.56. The van der Waals surface area contributed by atoms with E-state index < -0.39 is 0 Å². The summed E-state index contributed by atoms with van der Waals surface area (Å²) in [7, 11) is 1.62. The van der Waals surface area contributed by atoms with Crippen molar-refractivity contribution in [1.82, 2.24) is 20.1 Å². The first-order valence-electron chi connectivity index (χ1n) is 11.6. The number of carbonyl (C=O) groups excluding carboxylic acids is 2. The van der Waals surface area contributed by atoms with Gasteiger partial charge in [-0.05, 0) is 56.2 Å². The molecule has 1 saturated carbocycles. The van der Waals surface area contributed by atoms with Crippen LogP contribution in [0.1, 0.15) is 53.4 Å². The third-order valence-electron chi connectivity index (χ3n) is 6.39. The molecule has 2 amide bonds. The van der Waals surface area contributed by atoms with E-state index in [1.165, 1.54) is 18.9 Å². The van der Waals surface area contributed by atoms with Gasteiger partial charge in [-0.2, -0.15) is 0 Å². The average molecular weight is 449 g/mol. The maximum Gasteiger partial charge on any atom is 0.251 e. The van der Waals surface area contributed by atoms with Gasteiger partial charge in [0, 0.05) is 68.2 Å². The molecule has 174 valence electrons. The highest BCUT2D eigenvalue weighted by Gasteiger charge is 2.29. The zero-order chi connectivity index (χ0) is 23.4. The van der Waals surface area contributed by atoms with Gasteiger partial charge in [-0.1, -0.05) is 12.6 Å². The SMILES string of the molecule is C=CC(=O)N1CCN(C[C@H](Oc2ccc(C(=O)NC)cc2)c2ccc(C3CC3)nc2)C[C@H]1C. The Morgan fingerprint density at radius 3 is 2.55 bits per heavy atom. The molecule has 1 saturated heterocycles. The quantitative estimate of drug-likeness (QED) is 0.628. The van der Waals surface area contributed by atoms with Crippen LogP contribution in [0.15, 0.2) is 55.3 Å². The van der Waals surface area contributed by atoms with Crippen LogP contribution in [0.5, 0.6) is 5.75 Å². The summed E-state index contributed by atoms with van der Waals surface area (Å²) in [6.07, 6.45) is 5.53. The standard InChI is InChI=1S/C26H32N4O3/c1-4-25(31)30-14-13-29(16-18(30)2)17-24(21-9-12-23(28-15-21)19-5-6-19)33-22-10-7-20(8-11-22)26(32)27-3/h4,7-12,15,18-19,24H,1,5-6,13-14,16-17H2,2-3H3,(H,27,32)/t18-,24+/m1/s1. The molecule has 2 heterocycles. The number of rotatable bonds is 8. The molecular weight excluding hydrogens is 416 g/mol. The number of hydrogen-bond acceptors (Lipinski definition) is 5. The number of aromatic nitrogens is 1. The van der Waals surface area contributed by atoms with E-state index in [1.807, 2.05) is 23.2 Å². The molecule has 1 aliphatic carbocycles. The summed E-state index contributed by atoms with van der Waals surface area (Å²) >= 11 is 0. The summed E-state index contributed by atoms with van der Waals surface area (Å²) in [5.74, 6) is 1.16. The first-order valence-corrected chi connectivity index (χ1v) is 11.6. The highest BCUT2D eigenvalue weighted by molar-refractivity contribution is 5.94. The molecule has 0 spiro atoms. The fourth-order valence-corrected chi connectivity index (χ4v) is 4.31. The summed E-state index contributed by atoms with van der Waals surface area (Å²) < 4.78 is 6.41. The van der Waals surface area contributed by atoms with Gasteiger partial charge in [0.1, 0.15) is 11.9 Å². The highest BCUT2D eigenvalue weighted by Crippen LogP contribution is 2.39. The van der Waals surface area contributed by atoms with Crippen LogP contribution in [0.4, 0.5) is 0 Å². The van der Waals surface area contributed by atoms with Gasteiger partial charge >= 0.3 is 0 Å². The minimum atomic E-state index is -0.217. The Balaban J connectivity index is 1.49. The van der Waals surface area contributed by atoms with Crippen LogP contribution in [0, 0.1) is 0 Å². The molecule has 1 aromatic carbocycles. The molecule has 2 atom stereocenters. The lowest BCUT2D eigenvalue weighted by atomic mass is 10.1. The van der Waals surface area contributed by atoms with E-state index in [1.54, 1.807) is 19.2 Å². The van der Waals surface area contributed by atoms with Gasteiger partial charge in [0.05, 0.1) is 0 Å². The van der Waals surface area contributed by atoms with Crippen LogP contribution >= 0.6 is 0 Å². The van der Waals surface area contributed by atoms with Gasteiger partial charge in [-0.3, -0.25) is 19.5 Å². The molecule has 0 bridgehead atoms. The predicted molar refractivity (Wildman–Crippen MR) is 127 cm³/mol. The summed E-state index contributed by atoms with van der Waals surface area (Å²) in [5, 5.41) is 2.63. The van der Waals surface area contributed by atoms with Crippen molar-refractivity contribution in [2.75, 3.05) is 33.2 Å². The Morgan fingerprint density at radius 1 is 1.21 bits per heavy atom. The second-order valence-electron chi connectivity index (χ2n) is 8.85. The van der Waals surface area contributed by atoms with Gasteiger partial charge in [0.25, 0.3) is 5.91 Å². The Morgan fingerprint density at radius 2 is 1.97 bits per heavy atom. The zero-order valence-electron chi connectivity index (χ0n) is 19.4. The smallest absolute Gasteiger partial charge is 0.251 e. The third kappa shape index (κ3) is 5.60. The van der Waals surface area contributed by atoms with Crippen LogP contribution in [0.2, 0.25) is 0 Å². The van der Waals surface area contributed by atoms with E-state index in [9.17, 15) is 9.59 Å². The topological polar surface area (TPSA) is 74.8 Å². The first-order chi connectivity index (χ1) is 16.0. The van der Waals surface area contributed by atoms with E-state index in [4.69, 9.17) is 9.72 Å². The normalized spacial score (nSPS) is 19.6. The number of ether oxygens (including phenoxy) is 1. The van der Waals surface area contributed by atoms with Crippen LogP contribution in [-0.2, 0) is 4.79 Å². The number of amides is 2. The summed E-state index contributed by atoms with van der Waals surface area (Å²) in [4.78, 5) is 32.8. The van der Waals surface area contributed by atoms with Gasteiger partial charge in [-0.15, -0.1) is 0 Å². The third-order valence-corrected chi connectivity index (χ3v) is 6.39. The number of nitrogens with zero attached hydrogens (tertiary/aromatic N) is 3. The molecule has 2 aromatic rings. The fraction of sp³-hybridized carbons (Fsp3) is 0.423. The van der Waals surface area contributed by atoms with Gasteiger partial charge in [0.15, 0.2) is 0 Å². The van der Waals surface area contributed by atoms with Crippen molar-refractivity contribution in [3.05, 3.63) is 72.1 Å². The van der Waals surface area contributed by atoms with Crippen molar-refractivity contribution in [1.29, 1.82) is 0 Å². The van der Waals surface area contributed by atoms with E-state index in [2.05, 4.69) is 35.9 Å². The van der Waals surface area contributed by atoms with Crippen molar-refractivity contribution in [2.45, 2.75) is 37.8 Å². The van der Waals surface area contributed by atoms with Crippen molar-refractivity contribution in [2.24, 2.45) is 0 Å². The minimum Gasteiger partial charge on any atom is -0.484 e. The van der Waals surface area contributed by atoms with E-state index in [-0.39, 0.29) is 24.0 Å². The molecule has 0 radical (unpaired) electrons. The van der Waals surface area contributed by atoms with Crippen molar-refractivity contribution < 1.29 is 14.3 Å². The summed E-state index contributed by atoms with van der Waals surface area (Å²) in [5.41, 5.74) is 2.76. The van der Waals surface area contributed by atoms with Gasteiger partial charge < -0.3 is 15.0 Å². The molecular formula is C26H32N4O3. The molecule has 4 rings (SSSR count).